The summed E-state index contributed by atoms with van der Waals surface area (Å²) in [6.07, 6.45) is 1.62. The van der Waals surface area contributed by atoms with Gasteiger partial charge in [-0.1, -0.05) is 24.3 Å². The van der Waals surface area contributed by atoms with E-state index in [1.54, 1.807) is 30.3 Å². The van der Waals surface area contributed by atoms with Crippen LogP contribution in [0.3, 0.4) is 0 Å². The molecule has 1 aromatic heterocycles. The number of carbonyl (C=O) groups excluding carboxylic acids is 1. The predicted molar refractivity (Wildman–Crippen MR) is 127 cm³/mol. The number of nitrogens with one attached hydrogen (secondary N) is 1. The molecule has 1 N–H and O–H groups in total. The zero-order chi connectivity index (χ0) is 24.9. The number of H-pyrrole nitrogens is 1. The van der Waals surface area contributed by atoms with E-state index in [0.717, 1.165) is 5.52 Å². The van der Waals surface area contributed by atoms with Gasteiger partial charge < -0.3 is 23.9 Å². The number of para-hydroxylation sites is 2. The molecule has 0 unspecified atom stereocenters. The van der Waals surface area contributed by atoms with E-state index in [1.165, 1.54) is 33.5 Å². The molecule has 0 saturated carbocycles. The minimum Gasteiger partial charge on any atom is -0.493 e. The summed E-state index contributed by atoms with van der Waals surface area (Å²) in [6.45, 7) is -2.93. The van der Waals surface area contributed by atoms with Crippen molar-refractivity contribution < 1.29 is 32.5 Å². The Balaban J connectivity index is 1.83. The number of imidazole rings is 1. The zero-order valence-corrected chi connectivity index (χ0v) is 19.2. The Bertz CT molecular complexity index is 1320. The number of hydrogen-bond donors (Lipinski definition) is 1. The maximum atomic E-state index is 13.8. The number of allylic oxidation sites excluding steroid dienone is 1. The lowest BCUT2D eigenvalue weighted by molar-refractivity contribution is -0.0498. The van der Waals surface area contributed by atoms with Gasteiger partial charge in [-0.25, -0.2) is 4.98 Å². The van der Waals surface area contributed by atoms with Gasteiger partial charge in [-0.3, -0.25) is 4.79 Å². The molecule has 0 aliphatic rings. The smallest absolute Gasteiger partial charge is 0.387 e. The van der Waals surface area contributed by atoms with Crippen LogP contribution in [0.5, 0.6) is 23.0 Å². The van der Waals surface area contributed by atoms with Crippen LogP contribution in [0.15, 0.2) is 60.7 Å². The van der Waals surface area contributed by atoms with E-state index in [0.29, 0.717) is 34.2 Å². The number of carbonyl (C=O) groups is 1. The summed E-state index contributed by atoms with van der Waals surface area (Å²) >= 11 is 0. The van der Waals surface area contributed by atoms with Crippen LogP contribution >= 0.6 is 0 Å². The second-order valence-corrected chi connectivity index (χ2v) is 7.35. The second-order valence-electron chi connectivity index (χ2n) is 7.35. The van der Waals surface area contributed by atoms with Crippen LogP contribution in [0.25, 0.3) is 22.7 Å². The Kier molecular flexibility index (Phi) is 6.96. The van der Waals surface area contributed by atoms with Crippen LogP contribution in [0.2, 0.25) is 0 Å². The lowest BCUT2D eigenvalue weighted by atomic mass is 9.99. The molecule has 0 amide bonds. The number of ketones is 1. The van der Waals surface area contributed by atoms with Crippen molar-refractivity contribution in [2.45, 2.75) is 6.61 Å². The molecule has 0 radical (unpaired) electrons. The molecule has 0 spiro atoms. The van der Waals surface area contributed by atoms with Crippen LogP contribution in [0.1, 0.15) is 21.7 Å². The molecule has 0 atom stereocenters. The summed E-state index contributed by atoms with van der Waals surface area (Å²) in [5, 5.41) is 0. The van der Waals surface area contributed by atoms with Crippen LogP contribution in [-0.2, 0) is 0 Å². The zero-order valence-electron chi connectivity index (χ0n) is 19.2. The van der Waals surface area contributed by atoms with Gasteiger partial charge in [0.25, 0.3) is 0 Å². The number of halogens is 2. The number of ether oxygens (including phenoxy) is 4. The first-order valence-corrected chi connectivity index (χ1v) is 10.5. The molecule has 35 heavy (non-hydrogen) atoms. The van der Waals surface area contributed by atoms with E-state index in [-0.39, 0.29) is 22.7 Å². The van der Waals surface area contributed by atoms with Crippen LogP contribution in [0.4, 0.5) is 8.78 Å². The van der Waals surface area contributed by atoms with Gasteiger partial charge in [-0.15, -0.1) is 0 Å². The minimum absolute atomic E-state index is 0.0124. The highest BCUT2D eigenvalue weighted by Gasteiger charge is 2.22. The number of fused-ring (bicyclic) bond motifs is 1. The molecule has 0 aliphatic heterocycles. The Morgan fingerprint density at radius 3 is 2.17 bits per heavy atom. The Morgan fingerprint density at radius 2 is 1.60 bits per heavy atom. The average Bonchev–Trinajstić information content (AvgIpc) is 3.30. The standard InChI is InChI=1S/C26H22F2N2O5/c1-32-21-13-16(14-22(33-2)24(21)34-3)23(31)18(25-29-19-6-4-5-7-20(19)30-25)12-15-8-10-17(11-9-15)35-26(27)28/h4-14,26H,1-3H3,(H,29,30). The van der Waals surface area contributed by atoms with Crippen molar-refractivity contribution >= 4 is 28.5 Å². The van der Waals surface area contributed by atoms with Crippen molar-refractivity contribution in [3.63, 3.8) is 0 Å². The maximum absolute atomic E-state index is 13.8. The number of benzene rings is 3. The van der Waals surface area contributed by atoms with Crippen LogP contribution in [-0.4, -0.2) is 43.7 Å². The SMILES string of the molecule is COc1cc(C(=O)C(=Cc2ccc(OC(F)F)cc2)c2nc3ccccc3[nH]2)cc(OC)c1OC. The number of alkyl halides is 2. The first-order valence-electron chi connectivity index (χ1n) is 10.5. The fourth-order valence-corrected chi connectivity index (χ4v) is 3.60. The van der Waals surface area contributed by atoms with Crippen molar-refractivity contribution in [2.24, 2.45) is 0 Å². The highest BCUT2D eigenvalue weighted by molar-refractivity contribution is 6.32. The fraction of sp³-hybridized carbons (Fsp3) is 0.154. The molecule has 0 aliphatic carbocycles. The number of rotatable bonds is 9. The van der Waals surface area contributed by atoms with Gasteiger partial charge in [-0.2, -0.15) is 8.78 Å². The number of aromatic amines is 1. The molecule has 3 aromatic carbocycles. The number of aromatic nitrogens is 2. The van der Waals surface area contributed by atoms with E-state index in [9.17, 15) is 13.6 Å². The minimum atomic E-state index is -2.93. The van der Waals surface area contributed by atoms with Gasteiger partial charge in [0.15, 0.2) is 17.3 Å². The summed E-state index contributed by atoms with van der Waals surface area (Å²) in [5.41, 5.74) is 2.56. The van der Waals surface area contributed by atoms with Gasteiger partial charge in [0.1, 0.15) is 11.6 Å². The molecule has 0 bridgehead atoms. The molecular formula is C26H22F2N2O5. The molecule has 4 aromatic rings. The third kappa shape index (κ3) is 5.08. The predicted octanol–water partition coefficient (Wildman–Crippen LogP) is 5.61. The lowest BCUT2D eigenvalue weighted by Crippen LogP contribution is -2.06. The molecule has 0 saturated heterocycles. The largest absolute Gasteiger partial charge is 0.493 e. The van der Waals surface area contributed by atoms with Gasteiger partial charge >= 0.3 is 6.61 Å². The normalized spacial score (nSPS) is 11.5. The third-order valence-electron chi connectivity index (χ3n) is 5.23. The first kappa shape index (κ1) is 23.7. The number of hydrogen-bond acceptors (Lipinski definition) is 6. The van der Waals surface area contributed by atoms with E-state index in [2.05, 4.69) is 14.7 Å². The fourth-order valence-electron chi connectivity index (χ4n) is 3.60. The van der Waals surface area contributed by atoms with E-state index in [4.69, 9.17) is 14.2 Å². The van der Waals surface area contributed by atoms with Gasteiger partial charge in [-0.05, 0) is 48.0 Å². The monoisotopic (exact) mass is 480 g/mol. The summed E-state index contributed by atoms with van der Waals surface area (Å²) < 4.78 is 45.6. The molecule has 9 heteroatoms. The van der Waals surface area contributed by atoms with E-state index < -0.39 is 6.61 Å². The Labute approximate surface area is 199 Å². The second kappa shape index (κ2) is 10.3. The Hall–Kier alpha value is -4.40. The Morgan fingerprint density at radius 1 is 0.943 bits per heavy atom. The summed E-state index contributed by atoms with van der Waals surface area (Å²) in [4.78, 5) is 21.5. The van der Waals surface area contributed by atoms with Crippen molar-refractivity contribution in [1.82, 2.24) is 9.97 Å². The van der Waals surface area contributed by atoms with Crippen molar-refractivity contribution in [3.05, 3.63) is 77.6 Å². The molecule has 4 rings (SSSR count). The summed E-state index contributed by atoms with van der Waals surface area (Å²) in [5.74, 6) is 1.00. The summed E-state index contributed by atoms with van der Waals surface area (Å²) in [6, 6.07) is 16.4. The number of Topliss-reactive ketones (excluding diaryl/α,β-unsaturated/α-hetero) is 1. The third-order valence-corrected chi connectivity index (χ3v) is 5.23. The van der Waals surface area contributed by atoms with Crippen molar-refractivity contribution in [1.29, 1.82) is 0 Å². The molecule has 180 valence electrons. The van der Waals surface area contributed by atoms with Gasteiger partial charge in [0.2, 0.25) is 5.75 Å². The number of nitrogens with zero attached hydrogens (tertiary/aromatic N) is 1. The number of methoxy groups -OCH3 is 3. The van der Waals surface area contributed by atoms with E-state index in [1.807, 2.05) is 24.3 Å². The van der Waals surface area contributed by atoms with Crippen LogP contribution in [0, 0.1) is 0 Å². The van der Waals surface area contributed by atoms with Crippen molar-refractivity contribution in [3.8, 4) is 23.0 Å². The molecule has 1 heterocycles. The topological polar surface area (TPSA) is 82.7 Å². The average molecular weight is 480 g/mol. The molecular weight excluding hydrogens is 458 g/mol. The van der Waals surface area contributed by atoms with Crippen LogP contribution < -0.4 is 18.9 Å². The molecule has 7 nitrogen and oxygen atoms in total. The van der Waals surface area contributed by atoms with Gasteiger partial charge in [0.05, 0.1) is 37.9 Å². The highest BCUT2D eigenvalue weighted by Crippen LogP contribution is 2.39. The molecule has 0 fully saturated rings. The van der Waals surface area contributed by atoms with Gasteiger partial charge in [0, 0.05) is 5.56 Å². The quantitative estimate of drug-likeness (QED) is 0.248. The van der Waals surface area contributed by atoms with Crippen molar-refractivity contribution in [2.75, 3.05) is 21.3 Å². The first-order chi connectivity index (χ1) is 16.9. The maximum Gasteiger partial charge on any atom is 0.387 e. The van der Waals surface area contributed by atoms with E-state index >= 15 is 0 Å². The summed E-state index contributed by atoms with van der Waals surface area (Å²) in [7, 11) is 4.40. The lowest BCUT2D eigenvalue weighted by Gasteiger charge is -2.14. The highest BCUT2D eigenvalue weighted by atomic mass is 19.3.